The third-order valence-corrected chi connectivity index (χ3v) is 9.93. The van der Waals surface area contributed by atoms with E-state index >= 15 is 0 Å². The molecule has 220 valence electrons. The van der Waals surface area contributed by atoms with Crippen molar-refractivity contribution in [2.75, 3.05) is 0 Å². The first-order valence-electron chi connectivity index (χ1n) is 16.0. The highest BCUT2D eigenvalue weighted by molar-refractivity contribution is 6.17. The molecule has 1 aliphatic carbocycles. The van der Waals surface area contributed by atoms with Crippen LogP contribution in [0.4, 0.5) is 0 Å². The first kappa shape index (κ1) is 26.1. The molecule has 0 fully saturated rings. The van der Waals surface area contributed by atoms with E-state index in [1.807, 2.05) is 30.3 Å². The van der Waals surface area contributed by atoms with Gasteiger partial charge in [0.15, 0.2) is 0 Å². The molecule has 0 saturated carbocycles. The van der Waals surface area contributed by atoms with E-state index < -0.39 is 0 Å². The highest BCUT2D eigenvalue weighted by Gasteiger charge is 2.29. The zero-order chi connectivity index (χ0) is 31.1. The van der Waals surface area contributed by atoms with E-state index in [0.29, 0.717) is 11.0 Å². The Labute approximate surface area is 270 Å². The minimum absolute atomic E-state index is 0.227. The smallest absolute Gasteiger partial charge is 0.344 e. The standard InChI is InChI=1S/C44H27NO2/c46-44-39-26-41-38(25-37(39)34-15-6-8-19-42(34)47-44)33-14-5-7-18-40(33)45(41)30-11-9-10-29(24-30)27-20-22-28(23-21-27)43-35-16-3-1-12-31(35)32-13-2-4-17-36(32)43/h1-26,43H. The molecule has 47 heavy (non-hydrogen) atoms. The summed E-state index contributed by atoms with van der Waals surface area (Å²) in [7, 11) is 0. The highest BCUT2D eigenvalue weighted by atomic mass is 16.4. The fraction of sp³-hybridized carbons (Fsp3) is 0.0227. The van der Waals surface area contributed by atoms with E-state index in [9.17, 15) is 4.79 Å². The van der Waals surface area contributed by atoms with Crippen molar-refractivity contribution in [1.82, 2.24) is 4.57 Å². The summed E-state index contributed by atoms with van der Waals surface area (Å²) < 4.78 is 8.01. The van der Waals surface area contributed by atoms with Crippen LogP contribution in [-0.2, 0) is 0 Å². The SMILES string of the molecule is O=c1oc2ccccc2c2cc3c4ccccc4n(-c4cccc(-c5ccc(C6c7ccccc7-c7ccccc76)cc5)c4)c3cc12. The van der Waals surface area contributed by atoms with Crippen molar-refractivity contribution in [2.45, 2.75) is 5.92 Å². The largest absolute Gasteiger partial charge is 0.422 e. The van der Waals surface area contributed by atoms with Crippen LogP contribution in [0.25, 0.3) is 71.5 Å². The minimum Gasteiger partial charge on any atom is -0.422 e. The molecule has 2 aromatic heterocycles. The van der Waals surface area contributed by atoms with Crippen LogP contribution in [0.3, 0.4) is 0 Å². The predicted molar refractivity (Wildman–Crippen MR) is 193 cm³/mol. The number of rotatable bonds is 3. The lowest BCUT2D eigenvalue weighted by Gasteiger charge is -2.15. The van der Waals surface area contributed by atoms with E-state index in [0.717, 1.165) is 49.4 Å². The molecular formula is C44H27NO2. The van der Waals surface area contributed by atoms with Gasteiger partial charge in [-0.2, -0.15) is 0 Å². The summed E-state index contributed by atoms with van der Waals surface area (Å²) in [5.41, 5.74) is 12.4. The quantitative estimate of drug-likeness (QED) is 0.149. The van der Waals surface area contributed by atoms with Crippen LogP contribution in [0.1, 0.15) is 22.6 Å². The molecule has 0 unspecified atom stereocenters. The molecule has 3 heteroatoms. The number of nitrogens with zero attached hydrogens (tertiary/aromatic N) is 1. The fourth-order valence-electron chi connectivity index (χ4n) is 7.83. The normalized spacial score (nSPS) is 12.7. The number of para-hydroxylation sites is 2. The Kier molecular flexibility index (Phi) is 5.49. The molecule has 0 bridgehead atoms. The van der Waals surface area contributed by atoms with Gasteiger partial charge in [0, 0.05) is 33.2 Å². The van der Waals surface area contributed by atoms with Crippen molar-refractivity contribution in [3.05, 3.63) is 185 Å². The van der Waals surface area contributed by atoms with Crippen LogP contribution in [0.5, 0.6) is 0 Å². The minimum atomic E-state index is -0.321. The van der Waals surface area contributed by atoms with Gasteiger partial charge in [0.1, 0.15) is 5.58 Å². The van der Waals surface area contributed by atoms with E-state index in [4.69, 9.17) is 4.42 Å². The summed E-state index contributed by atoms with van der Waals surface area (Å²) in [6, 6.07) is 55.6. The van der Waals surface area contributed by atoms with Crippen LogP contribution in [-0.4, -0.2) is 4.57 Å². The molecule has 2 heterocycles. The average molecular weight is 602 g/mol. The Morgan fingerprint density at radius 2 is 1.15 bits per heavy atom. The van der Waals surface area contributed by atoms with Crippen molar-refractivity contribution in [3.8, 4) is 27.9 Å². The molecule has 10 rings (SSSR count). The van der Waals surface area contributed by atoms with Gasteiger partial charge in [-0.1, -0.05) is 121 Å². The van der Waals surface area contributed by atoms with Crippen LogP contribution in [0.2, 0.25) is 0 Å². The van der Waals surface area contributed by atoms with E-state index in [2.05, 4.69) is 132 Å². The number of hydrogen-bond acceptors (Lipinski definition) is 2. The van der Waals surface area contributed by atoms with E-state index in [-0.39, 0.29) is 11.5 Å². The Morgan fingerprint density at radius 3 is 1.94 bits per heavy atom. The number of hydrogen-bond donors (Lipinski definition) is 0. The van der Waals surface area contributed by atoms with Gasteiger partial charge < -0.3 is 8.98 Å². The third kappa shape index (κ3) is 3.84. The summed E-state index contributed by atoms with van der Waals surface area (Å²) in [5.74, 6) is 0.227. The van der Waals surface area contributed by atoms with Gasteiger partial charge in [0.25, 0.3) is 0 Å². The van der Waals surface area contributed by atoms with Crippen LogP contribution in [0, 0.1) is 0 Å². The van der Waals surface area contributed by atoms with Crippen molar-refractivity contribution >= 4 is 43.5 Å². The average Bonchev–Trinajstić information content (AvgIpc) is 3.64. The third-order valence-electron chi connectivity index (χ3n) is 9.93. The van der Waals surface area contributed by atoms with Gasteiger partial charge in [0.2, 0.25) is 0 Å². The molecule has 0 N–H and O–H groups in total. The monoisotopic (exact) mass is 601 g/mol. The molecule has 0 radical (unpaired) electrons. The molecule has 0 amide bonds. The summed E-state index contributed by atoms with van der Waals surface area (Å²) in [6.45, 7) is 0. The molecule has 0 spiro atoms. The second kappa shape index (κ2) is 9.90. The molecule has 0 atom stereocenters. The Balaban J connectivity index is 1.11. The molecular weight excluding hydrogens is 574 g/mol. The lowest BCUT2D eigenvalue weighted by atomic mass is 9.88. The first-order chi connectivity index (χ1) is 23.2. The van der Waals surface area contributed by atoms with Gasteiger partial charge in [-0.05, 0) is 75.3 Å². The highest BCUT2D eigenvalue weighted by Crippen LogP contribution is 2.48. The summed E-state index contributed by atoms with van der Waals surface area (Å²) in [4.78, 5) is 13.2. The molecule has 0 saturated heterocycles. The van der Waals surface area contributed by atoms with Gasteiger partial charge in [0.05, 0.1) is 16.4 Å². The number of aromatic nitrogens is 1. The Bertz CT molecular complexity index is 2720. The molecule has 7 aromatic carbocycles. The molecule has 1 aliphatic rings. The van der Waals surface area contributed by atoms with Crippen molar-refractivity contribution in [1.29, 1.82) is 0 Å². The van der Waals surface area contributed by atoms with Gasteiger partial charge in [-0.3, -0.25) is 0 Å². The maximum Gasteiger partial charge on any atom is 0.344 e. The van der Waals surface area contributed by atoms with Crippen LogP contribution >= 0.6 is 0 Å². The number of benzene rings is 7. The zero-order valence-corrected chi connectivity index (χ0v) is 25.4. The zero-order valence-electron chi connectivity index (χ0n) is 25.4. The summed E-state index contributed by atoms with van der Waals surface area (Å²) in [6.07, 6.45) is 0. The van der Waals surface area contributed by atoms with E-state index in [1.165, 1.54) is 27.8 Å². The molecule has 9 aromatic rings. The van der Waals surface area contributed by atoms with Gasteiger partial charge in [-0.15, -0.1) is 0 Å². The first-order valence-corrected chi connectivity index (χ1v) is 16.0. The van der Waals surface area contributed by atoms with Crippen LogP contribution in [0.15, 0.2) is 167 Å². The lowest BCUT2D eigenvalue weighted by molar-refractivity contribution is 0.570. The maximum absolute atomic E-state index is 13.2. The Hall–Kier alpha value is -6.19. The topological polar surface area (TPSA) is 35.1 Å². The maximum atomic E-state index is 13.2. The molecule has 0 aliphatic heterocycles. The fourth-order valence-corrected chi connectivity index (χ4v) is 7.83. The van der Waals surface area contributed by atoms with Crippen LogP contribution < -0.4 is 5.63 Å². The lowest BCUT2D eigenvalue weighted by Crippen LogP contribution is -2.01. The number of fused-ring (bicyclic) bond motifs is 9. The summed E-state index contributed by atoms with van der Waals surface area (Å²) in [5, 5.41) is 4.69. The van der Waals surface area contributed by atoms with Crippen molar-refractivity contribution < 1.29 is 4.42 Å². The van der Waals surface area contributed by atoms with Crippen molar-refractivity contribution in [2.24, 2.45) is 0 Å². The van der Waals surface area contributed by atoms with Crippen molar-refractivity contribution in [3.63, 3.8) is 0 Å². The molecule has 3 nitrogen and oxygen atoms in total. The van der Waals surface area contributed by atoms with E-state index in [1.54, 1.807) is 0 Å². The second-order valence-electron chi connectivity index (χ2n) is 12.4. The van der Waals surface area contributed by atoms with Gasteiger partial charge in [-0.25, -0.2) is 4.79 Å². The van der Waals surface area contributed by atoms with Gasteiger partial charge >= 0.3 is 5.63 Å². The predicted octanol–water partition coefficient (Wildman–Crippen LogP) is 10.9. The second-order valence-corrected chi connectivity index (χ2v) is 12.4. The Morgan fingerprint density at radius 1 is 0.468 bits per heavy atom. The summed E-state index contributed by atoms with van der Waals surface area (Å²) >= 11 is 0.